The molecule has 1 aromatic heterocycles. The number of imidazole rings is 1. The maximum absolute atomic E-state index is 12.3. The van der Waals surface area contributed by atoms with Crippen molar-refractivity contribution in [2.75, 3.05) is 5.32 Å². The number of aromatic amines is 1. The molecule has 0 saturated carbocycles. The molecule has 0 aliphatic rings. The van der Waals surface area contributed by atoms with Crippen molar-refractivity contribution >= 4 is 23.3 Å². The Hall–Kier alpha value is -3.94. The summed E-state index contributed by atoms with van der Waals surface area (Å²) in [4.78, 5) is 50.4. The van der Waals surface area contributed by atoms with Gasteiger partial charge in [0.1, 0.15) is 0 Å². The molecule has 30 heavy (non-hydrogen) atoms. The number of ether oxygens (including phenoxy) is 1. The molecule has 8 nitrogen and oxygen atoms in total. The van der Waals surface area contributed by atoms with Gasteiger partial charge in [0.05, 0.1) is 11.3 Å². The molecule has 2 N–H and O–H groups in total. The van der Waals surface area contributed by atoms with Crippen molar-refractivity contribution in [2.45, 2.75) is 26.9 Å². The topological polar surface area (TPSA) is 110 Å². The molecule has 0 aliphatic heterocycles. The van der Waals surface area contributed by atoms with Crippen molar-refractivity contribution in [2.24, 2.45) is 0 Å². The normalized spacial score (nSPS) is 11.6. The molecular formula is C22H21N3O5. The summed E-state index contributed by atoms with van der Waals surface area (Å²) in [6, 6.07) is 12.7. The third kappa shape index (κ3) is 4.54. The summed E-state index contributed by atoms with van der Waals surface area (Å²) in [5.41, 5.74) is 2.35. The van der Waals surface area contributed by atoms with Gasteiger partial charge < -0.3 is 15.0 Å². The smallest absolute Gasteiger partial charge is 0.338 e. The number of nitrogens with zero attached hydrogens (tertiary/aromatic N) is 1. The fourth-order valence-corrected chi connectivity index (χ4v) is 2.84. The summed E-state index contributed by atoms with van der Waals surface area (Å²) in [6.07, 6.45) is 0.567. The van der Waals surface area contributed by atoms with Gasteiger partial charge in [0.2, 0.25) is 0 Å². The van der Waals surface area contributed by atoms with E-state index < -0.39 is 18.0 Å². The largest absolute Gasteiger partial charge is 0.449 e. The predicted octanol–water partition coefficient (Wildman–Crippen LogP) is 2.86. The van der Waals surface area contributed by atoms with Crippen LogP contribution >= 0.6 is 0 Å². The van der Waals surface area contributed by atoms with Gasteiger partial charge in [-0.2, -0.15) is 0 Å². The van der Waals surface area contributed by atoms with Gasteiger partial charge in [0.15, 0.2) is 11.9 Å². The number of H-pyrrole nitrogens is 1. The highest BCUT2D eigenvalue weighted by molar-refractivity contribution is 5.98. The van der Waals surface area contributed by atoms with Crippen LogP contribution in [0, 0.1) is 6.92 Å². The third-order valence-electron chi connectivity index (χ3n) is 4.53. The fraction of sp³-hybridized carbons (Fsp3) is 0.182. The van der Waals surface area contributed by atoms with Gasteiger partial charge in [0, 0.05) is 23.1 Å². The maximum atomic E-state index is 12.3. The third-order valence-corrected chi connectivity index (χ3v) is 4.53. The molecule has 3 rings (SSSR count). The molecule has 0 spiro atoms. The van der Waals surface area contributed by atoms with Crippen molar-refractivity contribution < 1.29 is 19.1 Å². The Bertz CT molecular complexity index is 1140. The van der Waals surface area contributed by atoms with E-state index >= 15 is 0 Å². The number of ketones is 1. The SMILES string of the molecule is CC(=O)c1ccc(NC(=O)C(C)OC(=O)c2ccc(-n3c(C)c[nH]c3=O)cc2)cc1. The van der Waals surface area contributed by atoms with Crippen molar-refractivity contribution in [3.05, 3.63) is 82.0 Å². The second-order valence-corrected chi connectivity index (χ2v) is 6.79. The minimum atomic E-state index is -1.03. The molecule has 1 heterocycles. The Kier molecular flexibility index (Phi) is 5.96. The summed E-state index contributed by atoms with van der Waals surface area (Å²) in [5.74, 6) is -1.22. The average molecular weight is 407 g/mol. The summed E-state index contributed by atoms with van der Waals surface area (Å²) in [7, 11) is 0. The lowest BCUT2D eigenvalue weighted by Gasteiger charge is -2.14. The number of esters is 1. The van der Waals surface area contributed by atoms with Crippen molar-refractivity contribution in [3.63, 3.8) is 0 Å². The van der Waals surface area contributed by atoms with Crippen LogP contribution in [0.4, 0.5) is 5.69 Å². The molecule has 1 amide bonds. The number of carbonyl (C=O) groups is 3. The highest BCUT2D eigenvalue weighted by Gasteiger charge is 2.19. The Morgan fingerprint density at radius 1 is 1.00 bits per heavy atom. The van der Waals surface area contributed by atoms with Crippen molar-refractivity contribution in [1.29, 1.82) is 0 Å². The average Bonchev–Trinajstić information content (AvgIpc) is 3.06. The van der Waals surface area contributed by atoms with Crippen molar-refractivity contribution in [1.82, 2.24) is 9.55 Å². The second kappa shape index (κ2) is 8.60. The molecule has 3 aromatic rings. The van der Waals surface area contributed by atoms with E-state index in [-0.39, 0.29) is 17.0 Å². The van der Waals surface area contributed by atoms with Crippen LogP contribution in [0.2, 0.25) is 0 Å². The minimum absolute atomic E-state index is 0.0715. The first-order valence-corrected chi connectivity index (χ1v) is 9.26. The number of nitrogens with one attached hydrogen (secondary N) is 2. The van der Waals surface area contributed by atoms with E-state index in [1.54, 1.807) is 49.5 Å². The van der Waals surface area contributed by atoms with Gasteiger partial charge >= 0.3 is 11.7 Å². The molecule has 0 fully saturated rings. The van der Waals surface area contributed by atoms with Crippen LogP contribution in [0.1, 0.15) is 40.3 Å². The molecule has 2 aromatic carbocycles. The van der Waals surface area contributed by atoms with Gasteiger partial charge in [-0.05, 0) is 69.3 Å². The summed E-state index contributed by atoms with van der Waals surface area (Å²) < 4.78 is 6.71. The van der Waals surface area contributed by atoms with Crippen LogP contribution in [-0.4, -0.2) is 33.3 Å². The lowest BCUT2D eigenvalue weighted by molar-refractivity contribution is -0.123. The van der Waals surface area contributed by atoms with E-state index in [4.69, 9.17) is 4.74 Å². The maximum Gasteiger partial charge on any atom is 0.338 e. The quantitative estimate of drug-likeness (QED) is 0.482. The van der Waals surface area contributed by atoms with Gasteiger partial charge in [-0.25, -0.2) is 9.59 Å². The monoisotopic (exact) mass is 407 g/mol. The molecular weight excluding hydrogens is 386 g/mol. The van der Waals surface area contributed by atoms with Crippen molar-refractivity contribution in [3.8, 4) is 5.69 Å². The Morgan fingerprint density at radius 3 is 2.13 bits per heavy atom. The van der Waals surface area contributed by atoms with E-state index in [0.717, 1.165) is 5.69 Å². The predicted molar refractivity (Wildman–Crippen MR) is 111 cm³/mol. The number of Topliss-reactive ketones (excluding diaryl/α,β-unsaturated/α-hetero) is 1. The molecule has 0 saturated heterocycles. The number of aryl methyl sites for hydroxylation is 1. The zero-order chi connectivity index (χ0) is 21.8. The minimum Gasteiger partial charge on any atom is -0.449 e. The Morgan fingerprint density at radius 2 is 1.60 bits per heavy atom. The molecule has 154 valence electrons. The lowest BCUT2D eigenvalue weighted by atomic mass is 10.1. The number of carbonyl (C=O) groups excluding carboxylic acids is 3. The molecule has 0 aliphatic carbocycles. The highest BCUT2D eigenvalue weighted by atomic mass is 16.5. The summed E-state index contributed by atoms with van der Waals surface area (Å²) >= 11 is 0. The summed E-state index contributed by atoms with van der Waals surface area (Å²) in [5, 5.41) is 2.64. The number of hydrogen-bond donors (Lipinski definition) is 2. The first-order valence-electron chi connectivity index (χ1n) is 9.26. The van der Waals surface area contributed by atoms with Crippen LogP contribution in [-0.2, 0) is 9.53 Å². The lowest BCUT2D eigenvalue weighted by Crippen LogP contribution is -2.30. The van der Waals surface area contributed by atoms with Crippen LogP contribution in [0.3, 0.4) is 0 Å². The zero-order valence-electron chi connectivity index (χ0n) is 16.8. The van der Waals surface area contributed by atoms with Gasteiger partial charge in [-0.15, -0.1) is 0 Å². The summed E-state index contributed by atoms with van der Waals surface area (Å²) in [6.45, 7) is 4.71. The van der Waals surface area contributed by atoms with Crippen LogP contribution in [0.25, 0.3) is 5.69 Å². The van der Waals surface area contributed by atoms with E-state index in [1.165, 1.54) is 30.5 Å². The van der Waals surface area contributed by atoms with E-state index in [2.05, 4.69) is 10.3 Å². The van der Waals surface area contributed by atoms with Gasteiger partial charge in [-0.3, -0.25) is 14.2 Å². The van der Waals surface area contributed by atoms with Gasteiger partial charge in [0.25, 0.3) is 5.91 Å². The molecule has 0 radical (unpaired) electrons. The van der Waals surface area contributed by atoms with Crippen LogP contribution in [0.5, 0.6) is 0 Å². The Balaban J connectivity index is 1.62. The number of rotatable bonds is 6. The first-order chi connectivity index (χ1) is 14.3. The number of benzene rings is 2. The van der Waals surface area contributed by atoms with E-state index in [9.17, 15) is 19.2 Å². The van der Waals surface area contributed by atoms with E-state index in [0.29, 0.717) is 16.9 Å². The molecule has 0 bridgehead atoms. The van der Waals surface area contributed by atoms with Crippen LogP contribution in [0.15, 0.2) is 59.5 Å². The number of amides is 1. The molecule has 8 heteroatoms. The van der Waals surface area contributed by atoms with Crippen LogP contribution < -0.4 is 11.0 Å². The Labute approximate surface area is 172 Å². The molecule has 1 atom stereocenters. The first kappa shape index (κ1) is 20.8. The standard InChI is InChI=1S/C22H21N3O5/c1-13-12-23-22(29)25(13)19-10-6-17(7-11-19)21(28)30-15(3)20(27)24-18-8-4-16(5-9-18)14(2)26/h4-12,15H,1-3H3,(H,23,29)(H,24,27). The van der Waals surface area contributed by atoms with E-state index in [1.807, 2.05) is 0 Å². The zero-order valence-corrected chi connectivity index (χ0v) is 16.8. The highest BCUT2D eigenvalue weighted by Crippen LogP contribution is 2.14. The van der Waals surface area contributed by atoms with Gasteiger partial charge in [-0.1, -0.05) is 0 Å². The number of hydrogen-bond acceptors (Lipinski definition) is 5. The molecule has 1 unspecified atom stereocenters. The second-order valence-electron chi connectivity index (χ2n) is 6.79. The number of aromatic nitrogens is 2. The fourth-order valence-electron chi connectivity index (χ4n) is 2.84. The number of anilines is 1.